The van der Waals surface area contributed by atoms with E-state index in [1.54, 1.807) is 0 Å². The lowest BCUT2D eigenvalue weighted by atomic mass is 9.44. The number of thioether (sulfide) groups is 1. The molecule has 3 nitrogen and oxygen atoms in total. The maximum atomic E-state index is 7.21. The van der Waals surface area contributed by atoms with Gasteiger partial charge in [0.2, 0.25) is 0 Å². The molecule has 30 heavy (non-hydrogen) atoms. The molecular formula is C26H39NO2S. The second kappa shape index (κ2) is 7.28. The highest BCUT2D eigenvalue weighted by Gasteiger charge is 2.66. The second-order valence-electron chi connectivity index (χ2n) is 11.7. The number of furan rings is 1. The van der Waals surface area contributed by atoms with Crippen LogP contribution < -0.4 is 5.73 Å². The Kier molecular flexibility index (Phi) is 4.90. The van der Waals surface area contributed by atoms with Gasteiger partial charge in [0.15, 0.2) is 0 Å². The minimum atomic E-state index is 0.368. The maximum Gasteiger partial charge on any atom is 0.0937 e. The fourth-order valence-corrected chi connectivity index (χ4v) is 10.6. The van der Waals surface area contributed by atoms with E-state index in [0.29, 0.717) is 34.2 Å². The minimum Gasteiger partial charge on any atom is -0.472 e. The Hall–Kier alpha value is -0.450. The molecule has 6 rings (SSSR count). The minimum absolute atomic E-state index is 0.368. The molecule has 1 saturated heterocycles. The summed E-state index contributed by atoms with van der Waals surface area (Å²) in [6.45, 7) is 6.08. The van der Waals surface area contributed by atoms with Crippen LogP contribution >= 0.6 is 11.8 Å². The van der Waals surface area contributed by atoms with E-state index in [2.05, 4.69) is 31.7 Å². The second-order valence-corrected chi connectivity index (χ2v) is 13.0. The number of ether oxygens (including phenoxy) is 1. The summed E-state index contributed by atoms with van der Waals surface area (Å²) in [6.07, 6.45) is 15.5. The van der Waals surface area contributed by atoms with Crippen LogP contribution in [-0.4, -0.2) is 29.8 Å². The molecule has 5 unspecified atom stereocenters. The van der Waals surface area contributed by atoms with Crippen molar-refractivity contribution in [3.05, 3.63) is 24.2 Å². The maximum absolute atomic E-state index is 7.21. The normalized spacial score (nSPS) is 51.6. The highest BCUT2D eigenvalue weighted by atomic mass is 32.2. The first-order valence-electron chi connectivity index (χ1n) is 12.5. The van der Waals surface area contributed by atoms with Gasteiger partial charge in [-0.1, -0.05) is 13.8 Å². The van der Waals surface area contributed by atoms with Crippen molar-refractivity contribution in [1.29, 1.82) is 0 Å². The van der Waals surface area contributed by atoms with E-state index < -0.39 is 0 Å². The van der Waals surface area contributed by atoms with Crippen molar-refractivity contribution in [2.45, 2.75) is 88.6 Å². The molecule has 5 fully saturated rings. The molecule has 0 amide bonds. The number of rotatable bonds is 5. The van der Waals surface area contributed by atoms with Crippen LogP contribution in [0.25, 0.3) is 0 Å². The molecule has 0 radical (unpaired) electrons. The molecule has 4 saturated carbocycles. The van der Waals surface area contributed by atoms with Crippen LogP contribution in [0.4, 0.5) is 0 Å². The summed E-state index contributed by atoms with van der Waals surface area (Å²) in [5, 5.41) is 0.671. The third kappa shape index (κ3) is 2.78. The van der Waals surface area contributed by atoms with Crippen LogP contribution in [0, 0.1) is 34.5 Å². The van der Waals surface area contributed by atoms with Gasteiger partial charge in [0.25, 0.3) is 0 Å². The highest BCUT2D eigenvalue weighted by molar-refractivity contribution is 7.99. The van der Waals surface area contributed by atoms with Crippen molar-refractivity contribution >= 4 is 11.8 Å². The van der Waals surface area contributed by atoms with Crippen molar-refractivity contribution in [3.63, 3.8) is 0 Å². The van der Waals surface area contributed by atoms with Crippen LogP contribution in [0.1, 0.15) is 76.7 Å². The van der Waals surface area contributed by atoms with Crippen molar-refractivity contribution in [1.82, 2.24) is 0 Å². The third-order valence-electron chi connectivity index (χ3n) is 10.6. The number of hydrogen-bond acceptors (Lipinski definition) is 4. The quantitative estimate of drug-likeness (QED) is 0.597. The SMILES string of the molecule is C[C@@]12CC3OC4CC(c5ccoc5)[C@@]5(C)CC[C@@H]1[C@@H](CCC2CC3SCCCN)[C@H]45. The Morgan fingerprint density at radius 1 is 1.13 bits per heavy atom. The van der Waals surface area contributed by atoms with Gasteiger partial charge in [-0.3, -0.25) is 0 Å². The summed E-state index contributed by atoms with van der Waals surface area (Å²) in [7, 11) is 0. The summed E-state index contributed by atoms with van der Waals surface area (Å²) in [6, 6.07) is 2.23. The molecular weight excluding hydrogens is 390 g/mol. The number of nitrogens with two attached hydrogens (primary N) is 1. The lowest BCUT2D eigenvalue weighted by molar-refractivity contribution is -0.198. The van der Waals surface area contributed by atoms with Crippen molar-refractivity contribution in [2.75, 3.05) is 12.3 Å². The first-order chi connectivity index (χ1) is 14.5. The van der Waals surface area contributed by atoms with E-state index >= 15 is 0 Å². The standard InChI is InChI=1S/C26H39NO2S/c1-25-8-6-19-18-5-4-17-12-23(30-11-3-9-27)22(14-26(17,19)2)29-21(24(18)25)13-20(25)16-7-10-28-15-16/h7,10,15,17-24H,3-6,8-9,11-14,27H2,1-2H3/t17?,18-,19-,20?,21?,22?,23?,24-,25-,26+/m1/s1. The van der Waals surface area contributed by atoms with Gasteiger partial charge in [-0.05, 0) is 116 Å². The molecule has 1 aromatic rings. The van der Waals surface area contributed by atoms with Gasteiger partial charge >= 0.3 is 0 Å². The Labute approximate surface area is 186 Å². The molecule has 5 bridgehead atoms. The molecule has 166 valence electrons. The third-order valence-corrected chi connectivity index (χ3v) is 12.0. The molecule has 2 heterocycles. The molecule has 0 spiro atoms. The Balaban J connectivity index is 1.38. The van der Waals surface area contributed by atoms with Crippen LogP contribution in [-0.2, 0) is 4.74 Å². The van der Waals surface area contributed by atoms with E-state index in [1.165, 1.54) is 56.3 Å². The van der Waals surface area contributed by atoms with Crippen LogP contribution in [0.2, 0.25) is 0 Å². The van der Waals surface area contributed by atoms with E-state index in [1.807, 2.05) is 12.5 Å². The summed E-state index contributed by atoms with van der Waals surface area (Å²) < 4.78 is 12.8. The van der Waals surface area contributed by atoms with E-state index in [0.717, 1.165) is 36.6 Å². The van der Waals surface area contributed by atoms with Gasteiger partial charge in [-0.2, -0.15) is 11.8 Å². The smallest absolute Gasteiger partial charge is 0.0937 e. The molecule has 10 atom stereocenters. The molecule has 4 aliphatic carbocycles. The van der Waals surface area contributed by atoms with Crippen LogP contribution in [0.15, 0.2) is 23.0 Å². The molecule has 2 N–H and O–H groups in total. The fourth-order valence-electron chi connectivity index (χ4n) is 9.25. The van der Waals surface area contributed by atoms with Crippen molar-refractivity contribution in [2.24, 2.45) is 40.2 Å². The first kappa shape index (κ1) is 20.2. The van der Waals surface area contributed by atoms with Gasteiger partial charge in [0, 0.05) is 5.25 Å². The van der Waals surface area contributed by atoms with Gasteiger partial charge in [0.1, 0.15) is 0 Å². The lowest BCUT2D eigenvalue weighted by Crippen LogP contribution is -2.60. The zero-order valence-electron chi connectivity index (χ0n) is 18.7. The Bertz CT molecular complexity index is 767. The monoisotopic (exact) mass is 429 g/mol. The fraction of sp³-hybridized carbons (Fsp3) is 0.846. The van der Waals surface area contributed by atoms with Crippen LogP contribution in [0.5, 0.6) is 0 Å². The predicted molar refractivity (Wildman–Crippen MR) is 123 cm³/mol. The zero-order valence-corrected chi connectivity index (χ0v) is 19.5. The average Bonchev–Trinajstić information content (AvgIpc) is 3.34. The topological polar surface area (TPSA) is 48.4 Å². The average molecular weight is 430 g/mol. The Morgan fingerprint density at radius 2 is 2.03 bits per heavy atom. The van der Waals surface area contributed by atoms with E-state index in [9.17, 15) is 0 Å². The van der Waals surface area contributed by atoms with E-state index in [-0.39, 0.29) is 0 Å². The zero-order chi connectivity index (χ0) is 20.5. The summed E-state index contributed by atoms with van der Waals surface area (Å²) in [5.41, 5.74) is 8.09. The van der Waals surface area contributed by atoms with Gasteiger partial charge in [-0.15, -0.1) is 0 Å². The van der Waals surface area contributed by atoms with Crippen molar-refractivity contribution in [3.8, 4) is 0 Å². The largest absolute Gasteiger partial charge is 0.472 e. The van der Waals surface area contributed by atoms with Crippen LogP contribution in [0.3, 0.4) is 0 Å². The van der Waals surface area contributed by atoms with Gasteiger partial charge < -0.3 is 14.9 Å². The van der Waals surface area contributed by atoms with E-state index in [4.69, 9.17) is 14.9 Å². The molecule has 4 heteroatoms. The number of hydrogen-bond donors (Lipinski definition) is 1. The first-order valence-corrected chi connectivity index (χ1v) is 13.6. The highest BCUT2D eigenvalue weighted by Crippen LogP contribution is 2.71. The predicted octanol–water partition coefficient (Wildman–Crippen LogP) is 5.84. The summed E-state index contributed by atoms with van der Waals surface area (Å²) >= 11 is 2.17. The summed E-state index contributed by atoms with van der Waals surface area (Å²) in [5.74, 6) is 5.21. The summed E-state index contributed by atoms with van der Waals surface area (Å²) in [4.78, 5) is 0. The lowest BCUT2D eigenvalue weighted by Gasteiger charge is -2.64. The molecule has 5 aliphatic rings. The van der Waals surface area contributed by atoms with Gasteiger partial charge in [0.05, 0.1) is 24.7 Å². The number of fused-ring (bicyclic) bond motifs is 1. The Morgan fingerprint density at radius 3 is 2.83 bits per heavy atom. The molecule has 1 aliphatic heterocycles. The van der Waals surface area contributed by atoms with Crippen molar-refractivity contribution < 1.29 is 9.15 Å². The van der Waals surface area contributed by atoms with Gasteiger partial charge in [-0.25, -0.2) is 0 Å². The molecule has 0 aromatic carbocycles. The molecule has 1 aromatic heterocycles.